The molecule has 1 aromatic carbocycles. The van der Waals surface area contributed by atoms with Gasteiger partial charge in [-0.1, -0.05) is 12.1 Å². The van der Waals surface area contributed by atoms with Crippen LogP contribution in [0.5, 0.6) is 0 Å². The number of hydrogen-bond acceptors (Lipinski definition) is 3. The third kappa shape index (κ3) is 3.66. The maximum Gasteiger partial charge on any atom is 0.227 e. The first-order valence-electron chi connectivity index (χ1n) is 6.95. The van der Waals surface area contributed by atoms with E-state index in [1.807, 2.05) is 47.9 Å². The number of rotatable bonds is 4. The fourth-order valence-corrected chi connectivity index (χ4v) is 3.73. The van der Waals surface area contributed by atoms with Crippen LogP contribution < -0.4 is 10.6 Å². The second kappa shape index (κ2) is 6.85. The molecule has 1 aliphatic rings. The van der Waals surface area contributed by atoms with Gasteiger partial charge in [0.1, 0.15) is 0 Å². The summed E-state index contributed by atoms with van der Waals surface area (Å²) in [7, 11) is 0. The van der Waals surface area contributed by atoms with Crippen molar-refractivity contribution in [2.75, 3.05) is 28.7 Å². The molecule has 0 aliphatic carbocycles. The van der Waals surface area contributed by atoms with Gasteiger partial charge in [-0.15, -0.1) is 0 Å². The number of anilines is 2. The average Bonchev–Trinajstić information content (AvgIpc) is 2.43. The van der Waals surface area contributed by atoms with Crippen molar-refractivity contribution in [2.45, 2.75) is 26.2 Å². The van der Waals surface area contributed by atoms with E-state index in [0.717, 1.165) is 18.5 Å². The average molecular weight is 278 g/mol. The number of carbonyl (C=O) groups excluding carboxylic acids is 1. The lowest BCUT2D eigenvalue weighted by atomic mass is 9.98. The van der Waals surface area contributed by atoms with E-state index in [9.17, 15) is 4.79 Å². The Morgan fingerprint density at radius 3 is 2.68 bits per heavy atom. The zero-order valence-corrected chi connectivity index (χ0v) is 12.3. The topological polar surface area (TPSA) is 46.3 Å². The van der Waals surface area contributed by atoms with Gasteiger partial charge in [0.15, 0.2) is 0 Å². The van der Waals surface area contributed by atoms with Gasteiger partial charge in [-0.25, -0.2) is 0 Å². The smallest absolute Gasteiger partial charge is 0.227 e. The first-order valence-corrected chi connectivity index (χ1v) is 8.10. The molecule has 1 amide bonds. The Labute approximate surface area is 119 Å². The SMILES string of the molecule is CCN(C(=O)CC1CCSCC1)c1ccccc1N. The summed E-state index contributed by atoms with van der Waals surface area (Å²) in [4.78, 5) is 14.3. The molecule has 19 heavy (non-hydrogen) atoms. The van der Waals surface area contributed by atoms with Crippen LogP contribution in [0.2, 0.25) is 0 Å². The van der Waals surface area contributed by atoms with Crippen LogP contribution in [-0.2, 0) is 4.79 Å². The highest BCUT2D eigenvalue weighted by atomic mass is 32.2. The van der Waals surface area contributed by atoms with E-state index in [1.165, 1.54) is 11.5 Å². The van der Waals surface area contributed by atoms with Crippen LogP contribution in [0.4, 0.5) is 11.4 Å². The molecule has 0 atom stereocenters. The third-order valence-electron chi connectivity index (χ3n) is 3.65. The van der Waals surface area contributed by atoms with Crippen LogP contribution >= 0.6 is 11.8 Å². The quantitative estimate of drug-likeness (QED) is 0.861. The van der Waals surface area contributed by atoms with E-state index in [2.05, 4.69) is 0 Å². The molecule has 2 rings (SSSR count). The highest BCUT2D eigenvalue weighted by molar-refractivity contribution is 7.99. The van der Waals surface area contributed by atoms with Crippen molar-refractivity contribution >= 4 is 29.0 Å². The summed E-state index contributed by atoms with van der Waals surface area (Å²) in [6, 6.07) is 7.60. The molecular formula is C15H22N2OS. The van der Waals surface area contributed by atoms with Gasteiger partial charge >= 0.3 is 0 Å². The molecule has 0 saturated carbocycles. The largest absolute Gasteiger partial charge is 0.397 e. The van der Waals surface area contributed by atoms with Gasteiger partial charge in [0, 0.05) is 13.0 Å². The predicted molar refractivity (Wildman–Crippen MR) is 83.5 cm³/mol. The Kier molecular flexibility index (Phi) is 5.14. The lowest BCUT2D eigenvalue weighted by Gasteiger charge is -2.26. The van der Waals surface area contributed by atoms with Gasteiger partial charge in [0.25, 0.3) is 0 Å². The van der Waals surface area contributed by atoms with Gasteiger partial charge in [-0.05, 0) is 49.3 Å². The second-order valence-electron chi connectivity index (χ2n) is 4.96. The van der Waals surface area contributed by atoms with E-state index in [0.29, 0.717) is 24.6 Å². The Bertz CT molecular complexity index is 430. The number of carbonyl (C=O) groups is 1. The molecule has 1 aliphatic heterocycles. The first kappa shape index (κ1) is 14.3. The van der Waals surface area contributed by atoms with Crippen LogP contribution in [-0.4, -0.2) is 24.0 Å². The summed E-state index contributed by atoms with van der Waals surface area (Å²) in [5, 5.41) is 0. The van der Waals surface area contributed by atoms with Crippen LogP contribution in [0.15, 0.2) is 24.3 Å². The summed E-state index contributed by atoms with van der Waals surface area (Å²) in [5.74, 6) is 3.14. The summed E-state index contributed by atoms with van der Waals surface area (Å²) < 4.78 is 0. The summed E-state index contributed by atoms with van der Waals surface area (Å²) in [6.45, 7) is 2.68. The standard InChI is InChI=1S/C15H22N2OS/c1-2-17(14-6-4-3-5-13(14)16)15(18)11-12-7-9-19-10-8-12/h3-6,12H,2,7-11,16H2,1H3. The minimum absolute atomic E-state index is 0.206. The van der Waals surface area contributed by atoms with Crippen molar-refractivity contribution in [1.82, 2.24) is 0 Å². The van der Waals surface area contributed by atoms with Crippen LogP contribution in [0, 0.1) is 5.92 Å². The zero-order chi connectivity index (χ0) is 13.7. The molecule has 1 heterocycles. The van der Waals surface area contributed by atoms with Gasteiger partial charge in [-0.3, -0.25) is 4.79 Å². The van der Waals surface area contributed by atoms with E-state index >= 15 is 0 Å². The number of amides is 1. The van der Waals surface area contributed by atoms with Gasteiger partial charge < -0.3 is 10.6 Å². The van der Waals surface area contributed by atoms with E-state index in [-0.39, 0.29) is 5.91 Å². The van der Waals surface area contributed by atoms with E-state index < -0.39 is 0 Å². The summed E-state index contributed by atoms with van der Waals surface area (Å²) >= 11 is 1.99. The molecule has 0 bridgehead atoms. The lowest BCUT2D eigenvalue weighted by Crippen LogP contribution is -2.33. The van der Waals surface area contributed by atoms with Gasteiger partial charge in [0.05, 0.1) is 11.4 Å². The number of nitrogen functional groups attached to an aromatic ring is 1. The lowest BCUT2D eigenvalue weighted by molar-refractivity contribution is -0.119. The Hall–Kier alpha value is -1.16. The fraction of sp³-hybridized carbons (Fsp3) is 0.533. The fourth-order valence-electron chi connectivity index (χ4n) is 2.52. The van der Waals surface area contributed by atoms with Crippen LogP contribution in [0.1, 0.15) is 26.2 Å². The summed E-state index contributed by atoms with van der Waals surface area (Å²) in [5.41, 5.74) is 7.50. The predicted octanol–water partition coefficient (Wildman–Crippen LogP) is 3.16. The molecule has 3 nitrogen and oxygen atoms in total. The van der Waals surface area contributed by atoms with Gasteiger partial charge in [0.2, 0.25) is 5.91 Å². The van der Waals surface area contributed by atoms with Crippen molar-refractivity contribution in [3.8, 4) is 0 Å². The number of para-hydroxylation sites is 2. The number of nitrogens with zero attached hydrogens (tertiary/aromatic N) is 1. The second-order valence-corrected chi connectivity index (χ2v) is 6.18. The van der Waals surface area contributed by atoms with E-state index in [4.69, 9.17) is 5.73 Å². The van der Waals surface area contributed by atoms with Gasteiger partial charge in [-0.2, -0.15) is 11.8 Å². The third-order valence-corrected chi connectivity index (χ3v) is 4.70. The Morgan fingerprint density at radius 2 is 2.05 bits per heavy atom. The van der Waals surface area contributed by atoms with Crippen molar-refractivity contribution in [3.05, 3.63) is 24.3 Å². The highest BCUT2D eigenvalue weighted by Crippen LogP contribution is 2.28. The highest BCUT2D eigenvalue weighted by Gasteiger charge is 2.22. The number of thioether (sulfide) groups is 1. The molecule has 1 saturated heterocycles. The molecule has 0 unspecified atom stereocenters. The minimum atomic E-state index is 0.206. The normalized spacial score (nSPS) is 16.3. The molecule has 1 fully saturated rings. The molecule has 104 valence electrons. The monoisotopic (exact) mass is 278 g/mol. The number of hydrogen-bond donors (Lipinski definition) is 1. The van der Waals surface area contributed by atoms with E-state index in [1.54, 1.807) is 0 Å². The molecule has 1 aromatic rings. The van der Waals surface area contributed by atoms with Crippen LogP contribution in [0.3, 0.4) is 0 Å². The van der Waals surface area contributed by atoms with Crippen molar-refractivity contribution < 1.29 is 4.79 Å². The Balaban J connectivity index is 2.04. The first-order chi connectivity index (χ1) is 9.22. The van der Waals surface area contributed by atoms with Crippen molar-refractivity contribution in [3.63, 3.8) is 0 Å². The number of benzene rings is 1. The molecule has 0 spiro atoms. The molecule has 0 aromatic heterocycles. The maximum absolute atomic E-state index is 12.5. The van der Waals surface area contributed by atoms with Crippen LogP contribution in [0.25, 0.3) is 0 Å². The molecular weight excluding hydrogens is 256 g/mol. The van der Waals surface area contributed by atoms with Crippen molar-refractivity contribution in [1.29, 1.82) is 0 Å². The zero-order valence-electron chi connectivity index (χ0n) is 11.5. The summed E-state index contributed by atoms with van der Waals surface area (Å²) in [6.07, 6.45) is 2.99. The van der Waals surface area contributed by atoms with Crippen molar-refractivity contribution in [2.24, 2.45) is 5.92 Å². The minimum Gasteiger partial charge on any atom is -0.397 e. The molecule has 4 heteroatoms. The maximum atomic E-state index is 12.5. The number of nitrogens with two attached hydrogens (primary N) is 1. The molecule has 2 N–H and O–H groups in total. The molecule has 0 radical (unpaired) electrons. The Morgan fingerprint density at radius 1 is 1.37 bits per heavy atom.